The zero-order valence-electron chi connectivity index (χ0n) is 15.6. The van der Waals surface area contributed by atoms with Crippen molar-refractivity contribution in [2.24, 2.45) is 0 Å². The summed E-state index contributed by atoms with van der Waals surface area (Å²) < 4.78 is 9.41. The molecule has 6 nitrogen and oxygen atoms in total. The summed E-state index contributed by atoms with van der Waals surface area (Å²) in [5, 5.41) is 11.8. The van der Waals surface area contributed by atoms with Crippen molar-refractivity contribution < 1.29 is 4.74 Å². The van der Waals surface area contributed by atoms with E-state index in [1.807, 2.05) is 58.4 Å². The van der Waals surface area contributed by atoms with Gasteiger partial charge in [0.1, 0.15) is 5.75 Å². The number of methoxy groups -OCH3 is 1. The lowest BCUT2D eigenvalue weighted by atomic mass is 10.2. The van der Waals surface area contributed by atoms with Crippen molar-refractivity contribution >= 4 is 28.1 Å². The molecule has 0 atom stereocenters. The number of nitrogens with zero attached hydrogens (tertiary/aromatic N) is 5. The van der Waals surface area contributed by atoms with Gasteiger partial charge in [-0.25, -0.2) is 4.98 Å². The average molecular weight is 420 g/mol. The number of rotatable bonds is 6. The molecule has 29 heavy (non-hydrogen) atoms. The molecular formula is C21H17N5OS2. The first-order chi connectivity index (χ1) is 14.3. The molecule has 0 bridgehead atoms. The van der Waals surface area contributed by atoms with Crippen molar-refractivity contribution in [1.29, 1.82) is 0 Å². The van der Waals surface area contributed by atoms with Crippen molar-refractivity contribution in [2.45, 2.75) is 10.9 Å². The average Bonchev–Trinajstić information content (AvgIpc) is 3.47. The molecule has 3 heterocycles. The molecule has 0 radical (unpaired) electrons. The SMILES string of the molecule is COc1ccc(-c2nnc(SCc3cn4ccsc4n3)n2-c2ccccc2)cc1. The first-order valence-electron chi connectivity index (χ1n) is 9.01. The largest absolute Gasteiger partial charge is 0.497 e. The van der Waals surface area contributed by atoms with Crippen molar-refractivity contribution in [3.63, 3.8) is 0 Å². The number of benzene rings is 2. The quantitative estimate of drug-likeness (QED) is 0.365. The number of ether oxygens (including phenoxy) is 1. The molecule has 0 aliphatic rings. The normalized spacial score (nSPS) is 11.2. The molecule has 0 amide bonds. The van der Waals surface area contributed by atoms with Crippen LogP contribution >= 0.6 is 23.1 Å². The van der Waals surface area contributed by atoms with Gasteiger partial charge in [0.2, 0.25) is 0 Å². The summed E-state index contributed by atoms with van der Waals surface area (Å²) in [5.74, 6) is 2.34. The van der Waals surface area contributed by atoms with Gasteiger partial charge in [-0.1, -0.05) is 30.0 Å². The van der Waals surface area contributed by atoms with Crippen LogP contribution in [0.4, 0.5) is 0 Å². The molecule has 5 aromatic rings. The third-order valence-electron chi connectivity index (χ3n) is 4.49. The molecule has 0 spiro atoms. The lowest BCUT2D eigenvalue weighted by Gasteiger charge is -2.10. The summed E-state index contributed by atoms with van der Waals surface area (Å²) in [4.78, 5) is 5.67. The van der Waals surface area contributed by atoms with Crippen molar-refractivity contribution in [1.82, 2.24) is 24.1 Å². The highest BCUT2D eigenvalue weighted by Crippen LogP contribution is 2.30. The van der Waals surface area contributed by atoms with Gasteiger partial charge in [-0.3, -0.25) is 8.97 Å². The predicted octanol–water partition coefficient (Wildman–Crippen LogP) is 4.94. The summed E-state index contributed by atoms with van der Waals surface area (Å²) in [6, 6.07) is 18.0. The Morgan fingerprint density at radius 2 is 1.86 bits per heavy atom. The molecule has 0 fully saturated rings. The van der Waals surface area contributed by atoms with Crippen LogP contribution in [0.5, 0.6) is 5.75 Å². The van der Waals surface area contributed by atoms with E-state index in [0.29, 0.717) is 0 Å². The second-order valence-electron chi connectivity index (χ2n) is 6.32. The number of fused-ring (bicyclic) bond motifs is 1. The minimum absolute atomic E-state index is 0.724. The lowest BCUT2D eigenvalue weighted by molar-refractivity contribution is 0.415. The van der Waals surface area contributed by atoms with Crippen LogP contribution in [-0.4, -0.2) is 31.3 Å². The Morgan fingerprint density at radius 1 is 1.03 bits per heavy atom. The number of aromatic nitrogens is 5. The van der Waals surface area contributed by atoms with Gasteiger partial charge in [-0.05, 0) is 36.4 Å². The van der Waals surface area contributed by atoms with Crippen molar-refractivity contribution in [3.05, 3.63) is 78.1 Å². The minimum atomic E-state index is 0.724. The predicted molar refractivity (Wildman–Crippen MR) is 116 cm³/mol. The van der Waals surface area contributed by atoms with Gasteiger partial charge in [0.05, 0.1) is 12.8 Å². The number of thioether (sulfide) groups is 1. The Bertz CT molecular complexity index is 1210. The zero-order chi connectivity index (χ0) is 19.6. The van der Waals surface area contributed by atoms with Crippen molar-refractivity contribution in [3.8, 4) is 22.8 Å². The highest BCUT2D eigenvalue weighted by Gasteiger charge is 2.17. The summed E-state index contributed by atoms with van der Waals surface area (Å²) in [6.07, 6.45) is 4.09. The fraction of sp³-hybridized carbons (Fsp3) is 0.0952. The van der Waals surface area contributed by atoms with E-state index in [1.165, 1.54) is 0 Å². The molecule has 3 aromatic heterocycles. The van der Waals surface area contributed by atoms with Gasteiger partial charge in [0.25, 0.3) is 0 Å². The fourth-order valence-corrected chi connectivity index (χ4v) is 4.64. The molecule has 0 unspecified atom stereocenters. The van der Waals surface area contributed by atoms with Crippen LogP contribution in [0.15, 0.2) is 77.5 Å². The molecule has 5 rings (SSSR count). The van der Waals surface area contributed by atoms with Crippen LogP contribution < -0.4 is 4.74 Å². The minimum Gasteiger partial charge on any atom is -0.497 e. The molecule has 0 aliphatic carbocycles. The maximum absolute atomic E-state index is 5.28. The maximum Gasteiger partial charge on any atom is 0.196 e. The van der Waals surface area contributed by atoms with Crippen LogP contribution in [0.3, 0.4) is 0 Å². The van der Waals surface area contributed by atoms with Gasteiger partial charge in [0.15, 0.2) is 15.9 Å². The number of thiazole rings is 1. The topological polar surface area (TPSA) is 57.2 Å². The number of imidazole rings is 1. The van der Waals surface area contributed by atoms with E-state index >= 15 is 0 Å². The molecular weight excluding hydrogens is 402 g/mol. The van der Waals surface area contributed by atoms with Crippen LogP contribution in [0.1, 0.15) is 5.69 Å². The second kappa shape index (κ2) is 7.73. The Labute approximate surface area is 175 Å². The lowest BCUT2D eigenvalue weighted by Crippen LogP contribution is -1.99. The zero-order valence-corrected chi connectivity index (χ0v) is 17.2. The van der Waals surface area contributed by atoms with Crippen LogP contribution in [0, 0.1) is 0 Å². The van der Waals surface area contributed by atoms with Gasteiger partial charge < -0.3 is 4.74 Å². The van der Waals surface area contributed by atoms with Crippen LogP contribution in [-0.2, 0) is 5.75 Å². The molecule has 8 heteroatoms. The highest BCUT2D eigenvalue weighted by molar-refractivity contribution is 7.98. The Kier molecular flexibility index (Phi) is 4.79. The van der Waals surface area contributed by atoms with Crippen LogP contribution in [0.2, 0.25) is 0 Å². The molecule has 0 N–H and O–H groups in total. The van der Waals surface area contributed by atoms with Gasteiger partial charge >= 0.3 is 0 Å². The van der Waals surface area contributed by atoms with E-state index in [1.54, 1.807) is 30.2 Å². The second-order valence-corrected chi connectivity index (χ2v) is 8.13. The molecule has 0 saturated heterocycles. The van der Waals surface area contributed by atoms with E-state index in [9.17, 15) is 0 Å². The van der Waals surface area contributed by atoms with Gasteiger partial charge in [-0.15, -0.1) is 21.5 Å². The summed E-state index contributed by atoms with van der Waals surface area (Å²) in [7, 11) is 1.66. The maximum atomic E-state index is 5.28. The molecule has 144 valence electrons. The third kappa shape index (κ3) is 3.52. The fourth-order valence-electron chi connectivity index (χ4n) is 3.08. The van der Waals surface area contributed by atoms with Gasteiger partial charge in [-0.2, -0.15) is 0 Å². The van der Waals surface area contributed by atoms with Crippen LogP contribution in [0.25, 0.3) is 22.0 Å². The summed E-state index contributed by atoms with van der Waals surface area (Å²) in [6.45, 7) is 0. The van der Waals surface area contributed by atoms with E-state index in [4.69, 9.17) is 4.74 Å². The molecule has 0 aliphatic heterocycles. The monoisotopic (exact) mass is 419 g/mol. The Balaban J connectivity index is 1.50. The van der Waals surface area contributed by atoms with E-state index in [0.717, 1.165) is 44.4 Å². The Morgan fingerprint density at radius 3 is 2.62 bits per heavy atom. The standard InChI is InChI=1S/C21H17N5OS2/c1-27-18-9-7-15(8-10-18)19-23-24-21(26(19)17-5-3-2-4-6-17)29-14-16-13-25-11-12-28-20(25)22-16/h2-13H,14H2,1H3. The van der Waals surface area contributed by atoms with E-state index < -0.39 is 0 Å². The number of hydrogen-bond acceptors (Lipinski definition) is 6. The smallest absolute Gasteiger partial charge is 0.196 e. The van der Waals surface area contributed by atoms with E-state index in [2.05, 4.69) is 38.1 Å². The van der Waals surface area contributed by atoms with E-state index in [-0.39, 0.29) is 0 Å². The van der Waals surface area contributed by atoms with Crippen molar-refractivity contribution in [2.75, 3.05) is 7.11 Å². The highest BCUT2D eigenvalue weighted by atomic mass is 32.2. The molecule has 2 aromatic carbocycles. The number of para-hydroxylation sites is 1. The first kappa shape index (κ1) is 18.0. The third-order valence-corrected chi connectivity index (χ3v) is 6.22. The number of hydrogen-bond donors (Lipinski definition) is 0. The first-order valence-corrected chi connectivity index (χ1v) is 10.9. The Hall–Kier alpha value is -3.10. The summed E-state index contributed by atoms with van der Waals surface area (Å²) in [5.41, 5.74) is 3.03. The molecule has 0 saturated carbocycles. The van der Waals surface area contributed by atoms with Gasteiger partial charge in [0, 0.05) is 34.8 Å². The summed E-state index contributed by atoms with van der Waals surface area (Å²) >= 11 is 3.26.